The molecule has 1 unspecified atom stereocenters. The van der Waals surface area contributed by atoms with Crippen molar-refractivity contribution in [3.8, 4) is 11.5 Å². The van der Waals surface area contributed by atoms with Gasteiger partial charge in [0.25, 0.3) is 5.91 Å². The molecule has 26 heavy (non-hydrogen) atoms. The highest BCUT2D eigenvalue weighted by atomic mass is 16.5. The maximum absolute atomic E-state index is 13.0. The standard InChI is InChI=1S/C20H25N3O3/c1-13-11-21-19(14-4-5-14)23(13)15-8-9-22(12-15)20(24)17-7-6-16(25-2)10-18(17)26-3/h6-7,10-11,14-15H,4-5,8-9,12H2,1-3H3. The van der Waals surface area contributed by atoms with Crippen molar-refractivity contribution in [1.82, 2.24) is 14.5 Å². The Kier molecular flexibility index (Phi) is 4.34. The van der Waals surface area contributed by atoms with E-state index in [0.29, 0.717) is 35.6 Å². The molecule has 6 heteroatoms. The van der Waals surface area contributed by atoms with Gasteiger partial charge in [-0.3, -0.25) is 4.79 Å². The molecular weight excluding hydrogens is 330 g/mol. The first-order valence-electron chi connectivity index (χ1n) is 9.17. The number of carbonyl (C=O) groups excluding carboxylic acids is 1. The van der Waals surface area contributed by atoms with E-state index in [1.54, 1.807) is 32.4 Å². The van der Waals surface area contributed by atoms with Crippen LogP contribution in [0.1, 0.15) is 53.1 Å². The summed E-state index contributed by atoms with van der Waals surface area (Å²) in [5.41, 5.74) is 1.77. The Labute approximate surface area is 153 Å². The normalized spacial score (nSPS) is 19.7. The van der Waals surface area contributed by atoms with E-state index >= 15 is 0 Å². The number of ether oxygens (including phenoxy) is 2. The summed E-state index contributed by atoms with van der Waals surface area (Å²) in [6, 6.07) is 5.65. The van der Waals surface area contributed by atoms with Crippen molar-refractivity contribution in [2.45, 2.75) is 38.1 Å². The third-order valence-corrected chi connectivity index (χ3v) is 5.41. The van der Waals surface area contributed by atoms with Crippen molar-refractivity contribution < 1.29 is 14.3 Å². The quantitative estimate of drug-likeness (QED) is 0.827. The number of carbonyl (C=O) groups is 1. The van der Waals surface area contributed by atoms with Gasteiger partial charge in [-0.05, 0) is 38.3 Å². The number of methoxy groups -OCH3 is 2. The lowest BCUT2D eigenvalue weighted by atomic mass is 10.1. The van der Waals surface area contributed by atoms with Crippen LogP contribution in [-0.4, -0.2) is 47.7 Å². The summed E-state index contributed by atoms with van der Waals surface area (Å²) in [5.74, 6) is 3.05. The van der Waals surface area contributed by atoms with Gasteiger partial charge >= 0.3 is 0 Å². The summed E-state index contributed by atoms with van der Waals surface area (Å²) in [5, 5.41) is 0. The van der Waals surface area contributed by atoms with Gasteiger partial charge in [-0.25, -0.2) is 4.98 Å². The second-order valence-electron chi connectivity index (χ2n) is 7.16. The monoisotopic (exact) mass is 355 g/mol. The maximum atomic E-state index is 13.0. The van der Waals surface area contributed by atoms with Crippen LogP contribution in [0.15, 0.2) is 24.4 Å². The summed E-state index contributed by atoms with van der Waals surface area (Å²) >= 11 is 0. The van der Waals surface area contributed by atoms with Gasteiger partial charge in [0.05, 0.1) is 25.8 Å². The molecule has 0 spiro atoms. The van der Waals surface area contributed by atoms with E-state index in [1.165, 1.54) is 24.4 Å². The lowest BCUT2D eigenvalue weighted by Crippen LogP contribution is -2.29. The highest BCUT2D eigenvalue weighted by molar-refractivity contribution is 5.97. The van der Waals surface area contributed by atoms with Crippen LogP contribution in [0.5, 0.6) is 11.5 Å². The Morgan fingerprint density at radius 3 is 2.69 bits per heavy atom. The molecule has 1 amide bonds. The molecule has 1 saturated carbocycles. The molecule has 0 bridgehead atoms. The van der Waals surface area contributed by atoms with E-state index in [1.807, 2.05) is 11.1 Å². The largest absolute Gasteiger partial charge is 0.497 e. The Balaban J connectivity index is 1.54. The number of imidazole rings is 1. The van der Waals surface area contributed by atoms with E-state index in [2.05, 4.69) is 16.5 Å². The van der Waals surface area contributed by atoms with Crippen LogP contribution < -0.4 is 9.47 Å². The molecule has 2 heterocycles. The molecule has 138 valence electrons. The molecule has 1 aromatic carbocycles. The molecule has 1 aliphatic heterocycles. The fourth-order valence-corrected chi connectivity index (χ4v) is 3.87. The predicted octanol–water partition coefficient (Wildman–Crippen LogP) is 3.17. The van der Waals surface area contributed by atoms with Gasteiger partial charge in [0, 0.05) is 37.0 Å². The third kappa shape index (κ3) is 2.93. The molecule has 4 rings (SSSR count). The molecule has 2 fully saturated rings. The number of nitrogens with zero attached hydrogens (tertiary/aromatic N) is 3. The zero-order valence-corrected chi connectivity index (χ0v) is 15.6. The zero-order chi connectivity index (χ0) is 18.3. The predicted molar refractivity (Wildman–Crippen MR) is 98.0 cm³/mol. The number of aromatic nitrogens is 2. The van der Waals surface area contributed by atoms with Gasteiger partial charge in [-0.1, -0.05) is 0 Å². The summed E-state index contributed by atoms with van der Waals surface area (Å²) in [7, 11) is 3.18. The summed E-state index contributed by atoms with van der Waals surface area (Å²) in [6.07, 6.45) is 5.38. The molecule has 2 aromatic rings. The highest BCUT2D eigenvalue weighted by Crippen LogP contribution is 2.41. The zero-order valence-electron chi connectivity index (χ0n) is 15.6. The highest BCUT2D eigenvalue weighted by Gasteiger charge is 2.35. The molecule has 6 nitrogen and oxygen atoms in total. The SMILES string of the molecule is COc1ccc(C(=O)N2CCC(n3c(C)cnc3C3CC3)C2)c(OC)c1. The second kappa shape index (κ2) is 6.67. The first kappa shape index (κ1) is 16.9. The summed E-state index contributed by atoms with van der Waals surface area (Å²) in [4.78, 5) is 19.6. The Hall–Kier alpha value is -2.50. The van der Waals surface area contributed by atoms with Crippen LogP contribution in [-0.2, 0) is 0 Å². The van der Waals surface area contributed by atoms with E-state index in [4.69, 9.17) is 9.47 Å². The van der Waals surface area contributed by atoms with Crippen LogP contribution in [0, 0.1) is 6.92 Å². The number of aryl methyl sites for hydroxylation is 1. The molecule has 0 radical (unpaired) electrons. The van der Waals surface area contributed by atoms with Crippen molar-refractivity contribution >= 4 is 5.91 Å². The van der Waals surface area contributed by atoms with E-state index in [-0.39, 0.29) is 5.91 Å². The maximum Gasteiger partial charge on any atom is 0.257 e. The van der Waals surface area contributed by atoms with Gasteiger partial charge in [-0.15, -0.1) is 0 Å². The molecular formula is C20H25N3O3. The Morgan fingerprint density at radius 1 is 1.19 bits per heavy atom. The fourth-order valence-electron chi connectivity index (χ4n) is 3.87. The first-order chi connectivity index (χ1) is 12.6. The van der Waals surface area contributed by atoms with Crippen LogP contribution in [0.3, 0.4) is 0 Å². The third-order valence-electron chi connectivity index (χ3n) is 5.41. The van der Waals surface area contributed by atoms with Gasteiger partial charge in [0.2, 0.25) is 0 Å². The average molecular weight is 355 g/mol. The van der Waals surface area contributed by atoms with Crippen molar-refractivity contribution in [1.29, 1.82) is 0 Å². The minimum absolute atomic E-state index is 0.0118. The summed E-state index contributed by atoms with van der Waals surface area (Å²) in [6.45, 7) is 3.57. The number of hydrogen-bond acceptors (Lipinski definition) is 4. The number of hydrogen-bond donors (Lipinski definition) is 0. The van der Waals surface area contributed by atoms with Gasteiger partial charge in [0.1, 0.15) is 17.3 Å². The van der Waals surface area contributed by atoms with Gasteiger partial charge < -0.3 is 18.9 Å². The average Bonchev–Trinajstić information content (AvgIpc) is 3.27. The molecule has 0 N–H and O–H groups in total. The lowest BCUT2D eigenvalue weighted by molar-refractivity contribution is 0.0784. The summed E-state index contributed by atoms with van der Waals surface area (Å²) < 4.78 is 13.0. The number of likely N-dealkylation sites (tertiary alicyclic amines) is 1. The molecule has 1 saturated heterocycles. The number of rotatable bonds is 5. The van der Waals surface area contributed by atoms with Crippen molar-refractivity contribution in [3.05, 3.63) is 41.5 Å². The molecule has 1 atom stereocenters. The van der Waals surface area contributed by atoms with Gasteiger partial charge in [0.15, 0.2) is 0 Å². The number of benzene rings is 1. The van der Waals surface area contributed by atoms with Crippen LogP contribution in [0.4, 0.5) is 0 Å². The topological polar surface area (TPSA) is 56.6 Å². The van der Waals surface area contributed by atoms with Crippen molar-refractivity contribution in [2.24, 2.45) is 0 Å². The van der Waals surface area contributed by atoms with Crippen LogP contribution in [0.25, 0.3) is 0 Å². The Morgan fingerprint density at radius 2 is 2.00 bits per heavy atom. The second-order valence-corrected chi connectivity index (χ2v) is 7.16. The van der Waals surface area contributed by atoms with Gasteiger partial charge in [-0.2, -0.15) is 0 Å². The van der Waals surface area contributed by atoms with Crippen LogP contribution in [0.2, 0.25) is 0 Å². The van der Waals surface area contributed by atoms with E-state index in [9.17, 15) is 4.79 Å². The first-order valence-corrected chi connectivity index (χ1v) is 9.17. The minimum Gasteiger partial charge on any atom is -0.497 e. The molecule has 1 aliphatic carbocycles. The van der Waals surface area contributed by atoms with E-state index in [0.717, 1.165) is 13.0 Å². The van der Waals surface area contributed by atoms with Crippen molar-refractivity contribution in [3.63, 3.8) is 0 Å². The van der Waals surface area contributed by atoms with E-state index < -0.39 is 0 Å². The van der Waals surface area contributed by atoms with Crippen LogP contribution >= 0.6 is 0 Å². The fraction of sp³-hybridized carbons (Fsp3) is 0.500. The number of amides is 1. The Bertz CT molecular complexity index is 826. The minimum atomic E-state index is 0.0118. The lowest BCUT2D eigenvalue weighted by Gasteiger charge is -2.20. The van der Waals surface area contributed by atoms with Crippen molar-refractivity contribution in [2.75, 3.05) is 27.3 Å². The molecule has 2 aliphatic rings. The molecule has 1 aromatic heterocycles. The smallest absolute Gasteiger partial charge is 0.257 e.